The number of hydrogen-bond acceptors (Lipinski definition) is 6. The number of para-hydroxylation sites is 1. The summed E-state index contributed by atoms with van der Waals surface area (Å²) in [6.07, 6.45) is 2.61. The molecule has 1 atom stereocenters. The van der Waals surface area contributed by atoms with Crippen molar-refractivity contribution in [3.8, 4) is 17.1 Å². The van der Waals surface area contributed by atoms with Crippen LogP contribution < -0.4 is 4.72 Å². The molecule has 1 unspecified atom stereocenters. The summed E-state index contributed by atoms with van der Waals surface area (Å²) in [4.78, 5) is 16.2. The third-order valence-corrected chi connectivity index (χ3v) is 7.59. The van der Waals surface area contributed by atoms with Crippen LogP contribution in [0, 0.1) is 0 Å². The number of hydrogen-bond donors (Lipinski definition) is 3. The molecule has 0 saturated carbocycles. The van der Waals surface area contributed by atoms with Crippen LogP contribution in [0.25, 0.3) is 28.0 Å². The number of aromatic amines is 1. The van der Waals surface area contributed by atoms with Gasteiger partial charge in [0, 0.05) is 29.1 Å². The Morgan fingerprint density at radius 1 is 1.05 bits per heavy atom. The topological polar surface area (TPSA) is 143 Å². The maximum Gasteiger partial charge on any atom is 0.322 e. The molecule has 2 aromatic heterocycles. The summed E-state index contributed by atoms with van der Waals surface area (Å²) in [5.74, 6) is -0.820. The first kappa shape index (κ1) is 24.3. The van der Waals surface area contributed by atoms with Gasteiger partial charge in [0.05, 0.1) is 10.6 Å². The monoisotopic (exact) mass is 516 g/mol. The second-order valence-electron chi connectivity index (χ2n) is 8.52. The molecule has 10 nitrogen and oxygen atoms in total. The molecule has 0 aliphatic carbocycles. The Labute approximate surface area is 213 Å². The SMILES string of the molecule is CCc1ccc(-c2nnn(-c3ccc(S(=O)(=O)NC(Cc4c[nH]c5ccccc45)C(=O)O)cc3)n2)cc1. The molecule has 2 heterocycles. The predicted octanol–water partition coefficient (Wildman–Crippen LogP) is 3.35. The van der Waals surface area contributed by atoms with E-state index >= 15 is 0 Å². The average molecular weight is 517 g/mol. The molecular weight excluding hydrogens is 492 g/mol. The minimum atomic E-state index is -4.11. The lowest BCUT2D eigenvalue weighted by Crippen LogP contribution is -2.42. The fourth-order valence-corrected chi connectivity index (χ4v) is 5.23. The van der Waals surface area contributed by atoms with Crippen molar-refractivity contribution < 1.29 is 18.3 Å². The molecule has 0 aliphatic heterocycles. The van der Waals surface area contributed by atoms with Gasteiger partial charge in [-0.1, -0.05) is 49.4 Å². The van der Waals surface area contributed by atoms with Gasteiger partial charge in [-0.05, 0) is 53.1 Å². The maximum atomic E-state index is 13.0. The summed E-state index contributed by atoms with van der Waals surface area (Å²) in [7, 11) is -4.11. The highest BCUT2D eigenvalue weighted by Gasteiger charge is 2.26. The standard InChI is InChI=1S/C26H24N6O4S/c1-2-17-7-9-18(10-8-17)25-28-31-32(29-25)20-11-13-21(14-12-20)37(35,36)30-24(26(33)34)15-19-16-27-23-6-4-3-5-22(19)23/h3-14,16,24,27,30H,2,15H2,1H3,(H,33,34). The van der Waals surface area contributed by atoms with Gasteiger partial charge in [-0.25, -0.2) is 8.42 Å². The largest absolute Gasteiger partial charge is 0.480 e. The predicted molar refractivity (Wildman–Crippen MR) is 138 cm³/mol. The van der Waals surface area contributed by atoms with E-state index in [1.807, 2.05) is 48.5 Å². The van der Waals surface area contributed by atoms with Gasteiger partial charge >= 0.3 is 5.97 Å². The van der Waals surface area contributed by atoms with Crippen LogP contribution in [0.15, 0.2) is 83.9 Å². The zero-order valence-electron chi connectivity index (χ0n) is 19.9. The van der Waals surface area contributed by atoms with Crippen LogP contribution >= 0.6 is 0 Å². The van der Waals surface area contributed by atoms with Gasteiger partial charge in [-0.2, -0.15) is 4.72 Å². The van der Waals surface area contributed by atoms with E-state index < -0.39 is 22.0 Å². The number of nitrogens with one attached hydrogen (secondary N) is 2. The van der Waals surface area contributed by atoms with E-state index in [4.69, 9.17) is 0 Å². The van der Waals surface area contributed by atoms with Gasteiger partial charge in [0.25, 0.3) is 0 Å². The molecule has 0 fully saturated rings. The molecular formula is C26H24N6O4S. The first-order chi connectivity index (χ1) is 17.8. The van der Waals surface area contributed by atoms with Crippen molar-refractivity contribution in [2.75, 3.05) is 0 Å². The van der Waals surface area contributed by atoms with Gasteiger partial charge in [0.1, 0.15) is 6.04 Å². The molecule has 5 rings (SSSR count). The third kappa shape index (κ3) is 5.13. The molecule has 3 N–H and O–H groups in total. The number of H-pyrrole nitrogens is 1. The molecule has 0 aliphatic rings. The van der Waals surface area contributed by atoms with Crippen molar-refractivity contribution in [1.82, 2.24) is 29.9 Å². The van der Waals surface area contributed by atoms with Gasteiger partial charge in [-0.15, -0.1) is 15.0 Å². The molecule has 0 radical (unpaired) electrons. The molecule has 0 spiro atoms. The zero-order chi connectivity index (χ0) is 26.0. The molecule has 11 heteroatoms. The molecule has 188 valence electrons. The number of aryl methyl sites for hydroxylation is 1. The van der Waals surface area contributed by atoms with Crippen molar-refractivity contribution in [2.24, 2.45) is 0 Å². The zero-order valence-corrected chi connectivity index (χ0v) is 20.7. The minimum absolute atomic E-state index is 0.0124. The summed E-state index contributed by atoms with van der Waals surface area (Å²) < 4.78 is 28.3. The van der Waals surface area contributed by atoms with E-state index in [1.165, 1.54) is 34.6 Å². The number of carboxylic acids is 1. The highest BCUT2D eigenvalue weighted by atomic mass is 32.2. The highest BCUT2D eigenvalue weighted by molar-refractivity contribution is 7.89. The number of aromatic nitrogens is 5. The smallest absolute Gasteiger partial charge is 0.322 e. The average Bonchev–Trinajstić information content (AvgIpc) is 3.56. The van der Waals surface area contributed by atoms with Gasteiger partial charge in [-0.3, -0.25) is 4.79 Å². The Kier molecular flexibility index (Phi) is 6.55. The molecule has 0 bridgehead atoms. The fourth-order valence-electron chi connectivity index (χ4n) is 4.04. The number of sulfonamides is 1. The number of carbonyl (C=O) groups is 1. The minimum Gasteiger partial charge on any atom is -0.480 e. The Bertz CT molecular complexity index is 1660. The van der Waals surface area contributed by atoms with Crippen LogP contribution in [0.5, 0.6) is 0 Å². The second kappa shape index (κ2) is 9.96. The first-order valence-electron chi connectivity index (χ1n) is 11.6. The van der Waals surface area contributed by atoms with E-state index in [1.54, 1.807) is 6.20 Å². The first-order valence-corrected chi connectivity index (χ1v) is 13.1. The number of carboxylic acid groups (broad SMARTS) is 1. The van der Waals surface area contributed by atoms with E-state index in [9.17, 15) is 18.3 Å². The Balaban J connectivity index is 1.32. The molecule has 37 heavy (non-hydrogen) atoms. The molecule has 0 saturated heterocycles. The van der Waals surface area contributed by atoms with Crippen LogP contribution in [0.2, 0.25) is 0 Å². The summed E-state index contributed by atoms with van der Waals surface area (Å²) in [6, 6.07) is 19.8. The number of fused-ring (bicyclic) bond motifs is 1. The number of nitrogens with zero attached hydrogens (tertiary/aromatic N) is 4. The highest BCUT2D eigenvalue weighted by Crippen LogP contribution is 2.21. The lowest BCUT2D eigenvalue weighted by molar-refractivity contribution is -0.138. The second-order valence-corrected chi connectivity index (χ2v) is 10.2. The lowest BCUT2D eigenvalue weighted by atomic mass is 10.1. The summed E-state index contributed by atoms with van der Waals surface area (Å²) >= 11 is 0. The quantitative estimate of drug-likeness (QED) is 0.273. The molecule has 0 amide bonds. The van der Waals surface area contributed by atoms with Crippen molar-refractivity contribution in [1.29, 1.82) is 0 Å². The van der Waals surface area contributed by atoms with E-state index in [-0.39, 0.29) is 11.3 Å². The lowest BCUT2D eigenvalue weighted by Gasteiger charge is -2.15. The van der Waals surface area contributed by atoms with E-state index in [0.717, 1.165) is 22.9 Å². The number of aliphatic carboxylic acids is 1. The Morgan fingerprint density at radius 2 is 1.78 bits per heavy atom. The summed E-state index contributed by atoms with van der Waals surface area (Å²) in [5, 5.41) is 23.1. The third-order valence-electron chi connectivity index (χ3n) is 6.11. The van der Waals surface area contributed by atoms with Crippen molar-refractivity contribution in [3.63, 3.8) is 0 Å². The number of benzene rings is 3. The van der Waals surface area contributed by atoms with Gasteiger partial charge in [0.15, 0.2) is 0 Å². The van der Waals surface area contributed by atoms with E-state index in [0.29, 0.717) is 17.1 Å². The number of rotatable bonds is 9. The van der Waals surface area contributed by atoms with Crippen molar-refractivity contribution >= 4 is 26.9 Å². The van der Waals surface area contributed by atoms with Crippen LogP contribution in [-0.4, -0.2) is 50.7 Å². The van der Waals surface area contributed by atoms with Gasteiger partial charge in [0.2, 0.25) is 15.8 Å². The van der Waals surface area contributed by atoms with Crippen LogP contribution in [0.4, 0.5) is 0 Å². The van der Waals surface area contributed by atoms with Crippen LogP contribution in [0.1, 0.15) is 18.1 Å². The molecule has 3 aromatic carbocycles. The fraction of sp³-hybridized carbons (Fsp3) is 0.154. The summed E-state index contributed by atoms with van der Waals surface area (Å²) in [6.45, 7) is 2.08. The summed E-state index contributed by atoms with van der Waals surface area (Å²) in [5.41, 5.74) is 4.09. The van der Waals surface area contributed by atoms with Gasteiger partial charge < -0.3 is 10.1 Å². The maximum absolute atomic E-state index is 13.0. The molecule has 5 aromatic rings. The van der Waals surface area contributed by atoms with Crippen molar-refractivity contribution in [2.45, 2.75) is 30.7 Å². The Morgan fingerprint density at radius 3 is 2.49 bits per heavy atom. The normalized spacial score (nSPS) is 12.6. The van der Waals surface area contributed by atoms with E-state index in [2.05, 4.69) is 32.0 Å². The Hall–Kier alpha value is -4.35. The number of tetrazole rings is 1. The van der Waals surface area contributed by atoms with Crippen LogP contribution in [-0.2, 0) is 27.7 Å². The van der Waals surface area contributed by atoms with Crippen LogP contribution in [0.3, 0.4) is 0 Å². The van der Waals surface area contributed by atoms with Crippen molar-refractivity contribution in [3.05, 3.63) is 90.1 Å².